The molecule has 1 N–H and O–H groups in total. The van der Waals surface area contributed by atoms with E-state index >= 15 is 0 Å². The number of fused-ring (bicyclic) bond motifs is 1. The maximum atomic E-state index is 13.0. The first-order valence-corrected chi connectivity index (χ1v) is 10.4. The summed E-state index contributed by atoms with van der Waals surface area (Å²) in [6.07, 6.45) is 3.38. The van der Waals surface area contributed by atoms with Crippen molar-refractivity contribution in [2.45, 2.75) is 13.2 Å². The third-order valence-electron chi connectivity index (χ3n) is 5.18. The molecule has 0 fully saturated rings. The van der Waals surface area contributed by atoms with E-state index in [9.17, 15) is 9.18 Å². The van der Waals surface area contributed by atoms with E-state index in [4.69, 9.17) is 9.15 Å². The van der Waals surface area contributed by atoms with E-state index in [0.717, 1.165) is 5.56 Å². The van der Waals surface area contributed by atoms with Gasteiger partial charge in [0.15, 0.2) is 5.76 Å². The Kier molecular flexibility index (Phi) is 5.59. The first kappa shape index (κ1) is 20.5. The third kappa shape index (κ3) is 4.77. The standard InChI is InChI=1S/C26H20FN3O3/c27-20-8-10-22(11-9-20)32-17-23-12-13-25(33-23)26(31)29-21-14-28-30(16-21)15-19-6-3-5-18-4-1-2-7-24(18)19/h1-14,16H,15,17H2,(H,29,31). The maximum absolute atomic E-state index is 13.0. The highest BCUT2D eigenvalue weighted by Gasteiger charge is 2.13. The van der Waals surface area contributed by atoms with Crippen LogP contribution in [0.4, 0.5) is 10.1 Å². The summed E-state index contributed by atoms with van der Waals surface area (Å²) in [6, 6.07) is 23.3. The molecule has 7 heteroatoms. The molecule has 0 atom stereocenters. The molecule has 33 heavy (non-hydrogen) atoms. The van der Waals surface area contributed by atoms with Gasteiger partial charge in [-0.15, -0.1) is 0 Å². The Morgan fingerprint density at radius 2 is 1.82 bits per heavy atom. The molecule has 0 aliphatic heterocycles. The van der Waals surface area contributed by atoms with Crippen LogP contribution in [0.5, 0.6) is 5.75 Å². The number of halogens is 1. The molecule has 164 valence electrons. The van der Waals surface area contributed by atoms with Crippen LogP contribution < -0.4 is 10.1 Å². The van der Waals surface area contributed by atoms with Crippen LogP contribution in [0.1, 0.15) is 21.9 Å². The second kappa shape index (κ2) is 9.00. The van der Waals surface area contributed by atoms with E-state index in [1.54, 1.807) is 29.2 Å². The minimum Gasteiger partial charge on any atom is -0.486 e. The minimum absolute atomic E-state index is 0.127. The third-order valence-corrected chi connectivity index (χ3v) is 5.18. The lowest BCUT2D eigenvalue weighted by Gasteiger charge is -2.06. The minimum atomic E-state index is -0.382. The number of furan rings is 1. The topological polar surface area (TPSA) is 69.3 Å². The summed E-state index contributed by atoms with van der Waals surface area (Å²) in [5, 5.41) is 9.51. The van der Waals surface area contributed by atoms with Crippen LogP contribution in [0.3, 0.4) is 0 Å². The van der Waals surface area contributed by atoms with Crippen molar-refractivity contribution in [3.63, 3.8) is 0 Å². The van der Waals surface area contributed by atoms with E-state index in [2.05, 4.69) is 34.7 Å². The lowest BCUT2D eigenvalue weighted by atomic mass is 10.0. The molecular formula is C26H20FN3O3. The highest BCUT2D eigenvalue weighted by atomic mass is 19.1. The van der Waals surface area contributed by atoms with Gasteiger partial charge in [-0.1, -0.05) is 42.5 Å². The number of amides is 1. The first-order valence-electron chi connectivity index (χ1n) is 10.4. The van der Waals surface area contributed by atoms with E-state index in [-0.39, 0.29) is 24.1 Å². The quantitative estimate of drug-likeness (QED) is 0.354. The second-order valence-electron chi connectivity index (χ2n) is 7.53. The number of nitrogens with zero attached hydrogens (tertiary/aromatic N) is 2. The molecule has 5 rings (SSSR count). The van der Waals surface area contributed by atoms with Gasteiger partial charge in [0.1, 0.15) is 23.9 Å². The van der Waals surface area contributed by atoms with Gasteiger partial charge in [0.2, 0.25) is 0 Å². The van der Waals surface area contributed by atoms with Gasteiger partial charge < -0.3 is 14.5 Å². The van der Waals surface area contributed by atoms with Crippen molar-refractivity contribution in [2.24, 2.45) is 0 Å². The summed E-state index contributed by atoms with van der Waals surface area (Å²) in [7, 11) is 0. The molecular weight excluding hydrogens is 421 g/mol. The molecule has 5 aromatic rings. The summed E-state index contributed by atoms with van der Waals surface area (Å²) in [5.74, 6) is 0.440. The first-order chi connectivity index (χ1) is 16.1. The van der Waals surface area contributed by atoms with Crippen LogP contribution in [0, 0.1) is 5.82 Å². The largest absolute Gasteiger partial charge is 0.486 e. The Hall–Kier alpha value is -4.39. The van der Waals surface area contributed by atoms with E-state index in [1.165, 1.54) is 35.0 Å². The SMILES string of the molecule is O=C(Nc1cnn(Cc2cccc3ccccc23)c1)c1ccc(COc2ccc(F)cc2)o1. The lowest BCUT2D eigenvalue weighted by molar-refractivity contribution is 0.0992. The number of rotatable bonds is 7. The monoisotopic (exact) mass is 441 g/mol. The van der Waals surface area contributed by atoms with Crippen LogP contribution in [0.15, 0.2) is 95.7 Å². The predicted octanol–water partition coefficient (Wildman–Crippen LogP) is 5.65. The van der Waals surface area contributed by atoms with Crippen LogP contribution >= 0.6 is 0 Å². The molecule has 2 heterocycles. The van der Waals surface area contributed by atoms with Crippen LogP contribution in [0.2, 0.25) is 0 Å². The Labute approximate surface area is 189 Å². The molecule has 0 spiro atoms. The molecule has 3 aromatic carbocycles. The van der Waals surface area contributed by atoms with Gasteiger partial charge in [0, 0.05) is 6.20 Å². The Balaban J connectivity index is 1.21. The van der Waals surface area contributed by atoms with Crippen molar-refractivity contribution in [1.29, 1.82) is 0 Å². The van der Waals surface area contributed by atoms with Crippen molar-refractivity contribution in [2.75, 3.05) is 5.32 Å². The van der Waals surface area contributed by atoms with Crippen LogP contribution in [-0.2, 0) is 13.2 Å². The average molecular weight is 441 g/mol. The zero-order chi connectivity index (χ0) is 22.6. The number of carbonyl (C=O) groups excluding carboxylic acids is 1. The number of aromatic nitrogens is 2. The molecule has 0 bridgehead atoms. The smallest absolute Gasteiger partial charge is 0.291 e. The van der Waals surface area contributed by atoms with Crippen LogP contribution in [0.25, 0.3) is 10.8 Å². The number of nitrogens with one attached hydrogen (secondary N) is 1. The van der Waals surface area contributed by atoms with Gasteiger partial charge in [0.05, 0.1) is 18.4 Å². The molecule has 0 saturated heterocycles. The number of ether oxygens (including phenoxy) is 1. The fraction of sp³-hybridized carbons (Fsp3) is 0.0769. The van der Waals surface area contributed by atoms with E-state index < -0.39 is 0 Å². The van der Waals surface area contributed by atoms with Crippen molar-refractivity contribution in [1.82, 2.24) is 9.78 Å². The summed E-state index contributed by atoms with van der Waals surface area (Å²) in [5.41, 5.74) is 1.71. The highest BCUT2D eigenvalue weighted by Crippen LogP contribution is 2.20. The van der Waals surface area contributed by atoms with E-state index in [0.29, 0.717) is 23.7 Å². The number of hydrogen-bond acceptors (Lipinski definition) is 4. The fourth-order valence-electron chi connectivity index (χ4n) is 3.57. The highest BCUT2D eigenvalue weighted by molar-refractivity contribution is 6.02. The number of carbonyl (C=O) groups is 1. The van der Waals surface area contributed by atoms with Crippen molar-refractivity contribution >= 4 is 22.4 Å². The van der Waals surface area contributed by atoms with E-state index in [1.807, 2.05) is 18.2 Å². The summed E-state index contributed by atoms with van der Waals surface area (Å²) < 4.78 is 25.9. The van der Waals surface area contributed by atoms with Gasteiger partial charge in [-0.05, 0) is 52.7 Å². The summed E-state index contributed by atoms with van der Waals surface area (Å²) in [6.45, 7) is 0.713. The zero-order valence-corrected chi connectivity index (χ0v) is 17.6. The van der Waals surface area contributed by atoms with Gasteiger partial charge >= 0.3 is 0 Å². The molecule has 6 nitrogen and oxygen atoms in total. The second-order valence-corrected chi connectivity index (χ2v) is 7.53. The number of benzene rings is 3. The van der Waals surface area contributed by atoms with Gasteiger partial charge in [0.25, 0.3) is 5.91 Å². The van der Waals surface area contributed by atoms with Crippen LogP contribution in [-0.4, -0.2) is 15.7 Å². The number of hydrogen-bond donors (Lipinski definition) is 1. The predicted molar refractivity (Wildman–Crippen MR) is 123 cm³/mol. The number of anilines is 1. The molecule has 0 unspecified atom stereocenters. The normalized spacial score (nSPS) is 10.9. The van der Waals surface area contributed by atoms with Gasteiger partial charge in [-0.25, -0.2) is 4.39 Å². The average Bonchev–Trinajstić information content (AvgIpc) is 3.49. The zero-order valence-electron chi connectivity index (χ0n) is 17.6. The Morgan fingerprint density at radius 3 is 2.70 bits per heavy atom. The fourth-order valence-corrected chi connectivity index (χ4v) is 3.57. The molecule has 0 saturated carbocycles. The molecule has 2 aromatic heterocycles. The summed E-state index contributed by atoms with van der Waals surface area (Å²) >= 11 is 0. The van der Waals surface area contributed by atoms with Gasteiger partial charge in [-0.2, -0.15) is 5.10 Å². The molecule has 1 amide bonds. The van der Waals surface area contributed by atoms with Gasteiger partial charge in [-0.3, -0.25) is 9.48 Å². The van der Waals surface area contributed by atoms with Crippen molar-refractivity contribution in [3.8, 4) is 5.75 Å². The lowest BCUT2D eigenvalue weighted by Crippen LogP contribution is -2.10. The maximum Gasteiger partial charge on any atom is 0.291 e. The Morgan fingerprint density at radius 1 is 1.00 bits per heavy atom. The molecule has 0 radical (unpaired) electrons. The molecule has 0 aliphatic carbocycles. The Bertz CT molecular complexity index is 1400. The molecule has 0 aliphatic rings. The summed E-state index contributed by atoms with van der Waals surface area (Å²) in [4.78, 5) is 12.6. The van der Waals surface area contributed by atoms with Crippen molar-refractivity contribution < 1.29 is 18.3 Å². The van der Waals surface area contributed by atoms with Crippen molar-refractivity contribution in [3.05, 3.63) is 114 Å².